The topological polar surface area (TPSA) is 49.3 Å². The molecule has 1 saturated carbocycles. The molecule has 80 valence electrons. The molecule has 0 bridgehead atoms. The fraction of sp³-hybridized carbons (Fsp3) is 0.727. The summed E-state index contributed by atoms with van der Waals surface area (Å²) < 4.78 is 0. The Labute approximate surface area is 85.2 Å². The summed E-state index contributed by atoms with van der Waals surface area (Å²) in [6, 6.07) is 0. The lowest BCUT2D eigenvalue weighted by Gasteiger charge is -2.27. The average Bonchev–Trinajstić information content (AvgIpc) is 2.40. The average molecular weight is 197 g/mol. The Morgan fingerprint density at radius 2 is 2.21 bits per heavy atom. The predicted octanol–water partition coefficient (Wildman–Crippen LogP) is 1.80. The molecule has 0 radical (unpaired) electrons. The molecular formula is C11H19NO2. The van der Waals surface area contributed by atoms with E-state index in [0.29, 0.717) is 19.4 Å². The van der Waals surface area contributed by atoms with Gasteiger partial charge in [0.05, 0.1) is 0 Å². The molecule has 1 rings (SSSR count). The highest BCUT2D eigenvalue weighted by atomic mass is 16.4. The first-order valence-electron chi connectivity index (χ1n) is 5.01. The van der Waals surface area contributed by atoms with Crippen LogP contribution in [0.25, 0.3) is 0 Å². The number of aliphatic carboxylic acids is 1. The molecule has 1 fully saturated rings. The second-order valence-corrected chi connectivity index (χ2v) is 4.90. The van der Waals surface area contributed by atoms with Gasteiger partial charge in [-0.15, -0.1) is 6.58 Å². The highest BCUT2D eigenvalue weighted by Crippen LogP contribution is 2.43. The zero-order valence-electron chi connectivity index (χ0n) is 8.97. The fourth-order valence-corrected chi connectivity index (χ4v) is 2.22. The maximum absolute atomic E-state index is 11.2. The number of rotatable bonds is 4. The molecule has 3 heteroatoms. The van der Waals surface area contributed by atoms with Gasteiger partial charge < -0.3 is 5.11 Å². The van der Waals surface area contributed by atoms with Crippen molar-refractivity contribution in [1.82, 2.24) is 5.32 Å². The third-order valence-electron chi connectivity index (χ3n) is 3.00. The second-order valence-electron chi connectivity index (χ2n) is 4.90. The van der Waals surface area contributed by atoms with E-state index in [-0.39, 0.29) is 5.41 Å². The van der Waals surface area contributed by atoms with Gasteiger partial charge in [0.1, 0.15) is 5.54 Å². The first kappa shape index (κ1) is 11.2. The Hall–Kier alpha value is -0.830. The molecular weight excluding hydrogens is 178 g/mol. The van der Waals surface area contributed by atoms with Crippen LogP contribution in [0.5, 0.6) is 0 Å². The summed E-state index contributed by atoms with van der Waals surface area (Å²) >= 11 is 0. The Morgan fingerprint density at radius 3 is 2.57 bits per heavy atom. The molecule has 0 aromatic heterocycles. The van der Waals surface area contributed by atoms with Gasteiger partial charge in [-0.05, 0) is 24.7 Å². The van der Waals surface area contributed by atoms with Gasteiger partial charge in [-0.2, -0.15) is 0 Å². The van der Waals surface area contributed by atoms with E-state index in [0.717, 1.165) is 6.42 Å². The van der Waals surface area contributed by atoms with Crippen molar-refractivity contribution in [2.45, 2.75) is 38.6 Å². The Bertz CT molecular complexity index is 248. The quantitative estimate of drug-likeness (QED) is 0.676. The summed E-state index contributed by atoms with van der Waals surface area (Å²) in [4.78, 5) is 11.2. The van der Waals surface area contributed by atoms with Crippen LogP contribution in [0.4, 0.5) is 0 Å². The largest absolute Gasteiger partial charge is 0.480 e. The number of carbonyl (C=O) groups is 1. The van der Waals surface area contributed by atoms with Gasteiger partial charge in [0.2, 0.25) is 0 Å². The van der Waals surface area contributed by atoms with Crippen LogP contribution in [0, 0.1) is 5.41 Å². The molecule has 0 aliphatic heterocycles. The van der Waals surface area contributed by atoms with Gasteiger partial charge >= 0.3 is 5.97 Å². The van der Waals surface area contributed by atoms with Crippen LogP contribution in [0.1, 0.15) is 33.1 Å². The van der Waals surface area contributed by atoms with Crippen LogP contribution in [-0.4, -0.2) is 23.2 Å². The van der Waals surface area contributed by atoms with Crippen molar-refractivity contribution in [1.29, 1.82) is 0 Å². The molecule has 2 N–H and O–H groups in total. The van der Waals surface area contributed by atoms with E-state index in [1.807, 2.05) is 0 Å². The normalized spacial score (nSPS) is 30.1. The molecule has 0 heterocycles. The summed E-state index contributed by atoms with van der Waals surface area (Å²) in [5.74, 6) is -0.732. The Morgan fingerprint density at radius 1 is 1.57 bits per heavy atom. The summed E-state index contributed by atoms with van der Waals surface area (Å²) in [5, 5.41) is 12.3. The molecule has 3 nitrogen and oxygen atoms in total. The van der Waals surface area contributed by atoms with E-state index in [1.54, 1.807) is 6.08 Å². The minimum absolute atomic E-state index is 0.132. The highest BCUT2D eigenvalue weighted by molar-refractivity contribution is 5.79. The molecule has 14 heavy (non-hydrogen) atoms. The summed E-state index contributed by atoms with van der Waals surface area (Å²) in [6.45, 7) is 8.39. The number of nitrogens with one attached hydrogen (secondary N) is 1. The lowest BCUT2D eigenvalue weighted by atomic mass is 9.87. The molecule has 1 unspecified atom stereocenters. The number of hydrogen-bond donors (Lipinski definition) is 2. The van der Waals surface area contributed by atoms with Crippen LogP contribution in [0.15, 0.2) is 12.7 Å². The van der Waals surface area contributed by atoms with Gasteiger partial charge in [0.15, 0.2) is 0 Å². The summed E-state index contributed by atoms with van der Waals surface area (Å²) in [6.07, 6.45) is 4.08. The van der Waals surface area contributed by atoms with Crippen molar-refractivity contribution in [3.8, 4) is 0 Å². The summed E-state index contributed by atoms with van der Waals surface area (Å²) in [5.41, 5.74) is -0.593. The molecule has 0 spiro atoms. The molecule has 0 aromatic carbocycles. The Kier molecular flexibility index (Phi) is 3.00. The van der Waals surface area contributed by atoms with Crippen LogP contribution in [0.3, 0.4) is 0 Å². The molecule has 0 saturated heterocycles. The number of hydrogen-bond acceptors (Lipinski definition) is 2. The minimum atomic E-state index is -0.732. The smallest absolute Gasteiger partial charge is 0.323 e. The number of carboxylic acids is 1. The van der Waals surface area contributed by atoms with Crippen molar-refractivity contribution in [3.63, 3.8) is 0 Å². The third-order valence-corrected chi connectivity index (χ3v) is 3.00. The van der Waals surface area contributed by atoms with Crippen LogP contribution < -0.4 is 5.32 Å². The number of carboxylic acid groups (broad SMARTS) is 1. The van der Waals surface area contributed by atoms with Gasteiger partial charge in [-0.25, -0.2) is 0 Å². The SMILES string of the molecule is C=CCNC1(C(=O)O)CCC(C)(C)C1. The maximum Gasteiger partial charge on any atom is 0.323 e. The molecule has 1 atom stereocenters. The monoisotopic (exact) mass is 197 g/mol. The van der Waals surface area contributed by atoms with Gasteiger partial charge in [-0.3, -0.25) is 10.1 Å². The third kappa shape index (κ3) is 2.15. The van der Waals surface area contributed by atoms with E-state index < -0.39 is 11.5 Å². The zero-order valence-corrected chi connectivity index (χ0v) is 8.97. The van der Waals surface area contributed by atoms with E-state index in [9.17, 15) is 9.90 Å². The van der Waals surface area contributed by atoms with Crippen LogP contribution >= 0.6 is 0 Å². The van der Waals surface area contributed by atoms with Gasteiger partial charge in [-0.1, -0.05) is 19.9 Å². The summed E-state index contributed by atoms with van der Waals surface area (Å²) in [7, 11) is 0. The van der Waals surface area contributed by atoms with Crippen LogP contribution in [-0.2, 0) is 4.79 Å². The van der Waals surface area contributed by atoms with Crippen molar-refractivity contribution in [2.24, 2.45) is 5.41 Å². The van der Waals surface area contributed by atoms with Crippen molar-refractivity contribution < 1.29 is 9.90 Å². The van der Waals surface area contributed by atoms with Crippen molar-refractivity contribution >= 4 is 5.97 Å². The van der Waals surface area contributed by atoms with Crippen molar-refractivity contribution in [3.05, 3.63) is 12.7 Å². The fourth-order valence-electron chi connectivity index (χ4n) is 2.22. The molecule has 1 aliphatic rings. The van der Waals surface area contributed by atoms with Crippen molar-refractivity contribution in [2.75, 3.05) is 6.54 Å². The zero-order chi connectivity index (χ0) is 10.8. The van der Waals surface area contributed by atoms with Crippen LogP contribution in [0.2, 0.25) is 0 Å². The van der Waals surface area contributed by atoms with Gasteiger partial charge in [0, 0.05) is 6.54 Å². The molecule has 1 aliphatic carbocycles. The van der Waals surface area contributed by atoms with E-state index >= 15 is 0 Å². The van der Waals surface area contributed by atoms with E-state index in [1.165, 1.54) is 0 Å². The van der Waals surface area contributed by atoms with Gasteiger partial charge in [0.25, 0.3) is 0 Å². The highest BCUT2D eigenvalue weighted by Gasteiger charge is 2.48. The predicted molar refractivity (Wildman–Crippen MR) is 56.2 cm³/mol. The Balaban J connectivity index is 2.75. The lowest BCUT2D eigenvalue weighted by Crippen LogP contribution is -2.50. The molecule has 0 aromatic rings. The molecule has 0 amide bonds. The maximum atomic E-state index is 11.2. The minimum Gasteiger partial charge on any atom is -0.480 e. The first-order valence-corrected chi connectivity index (χ1v) is 5.01. The standard InChI is InChI=1S/C11H19NO2/c1-4-7-12-11(9(13)14)6-5-10(2,3)8-11/h4,12H,1,5-8H2,2-3H3,(H,13,14). The first-order chi connectivity index (χ1) is 6.42. The van der Waals surface area contributed by atoms with E-state index in [2.05, 4.69) is 25.7 Å². The van der Waals surface area contributed by atoms with E-state index in [4.69, 9.17) is 0 Å². The second kappa shape index (κ2) is 3.73. The lowest BCUT2D eigenvalue weighted by molar-refractivity contribution is -0.144.